The summed E-state index contributed by atoms with van der Waals surface area (Å²) in [6, 6.07) is 16.3. The zero-order valence-corrected chi connectivity index (χ0v) is 18.2. The highest BCUT2D eigenvalue weighted by Gasteiger charge is 2.16. The summed E-state index contributed by atoms with van der Waals surface area (Å²) in [5, 5.41) is 12.4. The smallest absolute Gasteiger partial charge is 0.210 e. The normalized spacial score (nSPS) is 14.7. The summed E-state index contributed by atoms with van der Waals surface area (Å²) in [5.74, 6) is 1.18. The van der Waals surface area contributed by atoms with Crippen molar-refractivity contribution in [1.82, 2.24) is 10.2 Å². The first-order valence-electron chi connectivity index (χ1n) is 10.1. The molecule has 29 heavy (non-hydrogen) atoms. The minimum atomic E-state index is 0.133. The van der Waals surface area contributed by atoms with E-state index >= 15 is 0 Å². The van der Waals surface area contributed by atoms with Crippen molar-refractivity contribution in [3.63, 3.8) is 0 Å². The fourth-order valence-corrected chi connectivity index (χ4v) is 5.39. The summed E-state index contributed by atoms with van der Waals surface area (Å²) in [6.07, 6.45) is 6.56. The van der Waals surface area contributed by atoms with Crippen molar-refractivity contribution in [3.8, 4) is 0 Å². The number of anilines is 2. The highest BCUT2D eigenvalue weighted by molar-refractivity contribution is 8.01. The Balaban J connectivity index is 1.31. The minimum Gasteiger partial charge on any atom is -0.330 e. The zero-order valence-electron chi connectivity index (χ0n) is 16.6. The van der Waals surface area contributed by atoms with Crippen molar-refractivity contribution in [2.75, 3.05) is 11.1 Å². The van der Waals surface area contributed by atoms with E-state index in [0.29, 0.717) is 11.7 Å². The Hall–Kier alpha value is -2.18. The van der Waals surface area contributed by atoms with Gasteiger partial charge in [-0.15, -0.1) is 10.2 Å². The molecule has 0 amide bonds. The molecule has 1 aliphatic rings. The summed E-state index contributed by atoms with van der Waals surface area (Å²) in [7, 11) is 0. The molecule has 150 valence electrons. The van der Waals surface area contributed by atoms with Crippen molar-refractivity contribution >= 4 is 39.7 Å². The number of rotatable bonds is 7. The first kappa shape index (κ1) is 20.1. The lowest BCUT2D eigenvalue weighted by Gasteiger charge is -2.22. The molecule has 3 aromatic rings. The summed E-state index contributed by atoms with van der Waals surface area (Å²) >= 11 is 2.92. The Morgan fingerprint density at radius 3 is 2.59 bits per heavy atom. The molecule has 0 atom stereocenters. The number of hydrogen-bond donors (Lipinski definition) is 1. The topological polar surface area (TPSA) is 54.9 Å². The molecule has 4 rings (SSSR count). The fourth-order valence-electron chi connectivity index (χ4n) is 3.73. The third-order valence-electron chi connectivity index (χ3n) is 5.43. The van der Waals surface area contributed by atoms with E-state index in [1.807, 2.05) is 30.3 Å². The van der Waals surface area contributed by atoms with Crippen molar-refractivity contribution < 1.29 is 4.79 Å². The van der Waals surface area contributed by atoms with Gasteiger partial charge in [-0.2, -0.15) is 0 Å². The molecule has 1 aliphatic carbocycles. The third kappa shape index (κ3) is 5.25. The first-order chi connectivity index (χ1) is 14.2. The van der Waals surface area contributed by atoms with Gasteiger partial charge < -0.3 is 5.32 Å². The van der Waals surface area contributed by atoms with Gasteiger partial charge in [0.25, 0.3) is 0 Å². The Morgan fingerprint density at radius 1 is 1.07 bits per heavy atom. The van der Waals surface area contributed by atoms with Crippen LogP contribution in [-0.4, -0.2) is 21.7 Å². The summed E-state index contributed by atoms with van der Waals surface area (Å²) in [6.45, 7) is 2.05. The van der Waals surface area contributed by atoms with Crippen LogP contribution in [0.3, 0.4) is 0 Å². The molecule has 1 saturated carbocycles. The van der Waals surface area contributed by atoms with Gasteiger partial charge >= 0.3 is 0 Å². The molecular weight excluding hydrogens is 398 g/mol. The van der Waals surface area contributed by atoms with Crippen LogP contribution in [0.2, 0.25) is 0 Å². The first-order valence-corrected chi connectivity index (χ1v) is 11.9. The predicted molar refractivity (Wildman–Crippen MR) is 122 cm³/mol. The molecule has 1 aromatic heterocycles. The molecule has 6 heteroatoms. The van der Waals surface area contributed by atoms with E-state index in [1.54, 1.807) is 0 Å². The molecule has 4 nitrogen and oxygen atoms in total. The largest absolute Gasteiger partial charge is 0.330 e. The maximum absolute atomic E-state index is 12.6. The lowest BCUT2D eigenvalue weighted by Crippen LogP contribution is -2.06. The second-order valence-corrected chi connectivity index (χ2v) is 9.68. The van der Waals surface area contributed by atoms with Gasteiger partial charge in [0, 0.05) is 11.3 Å². The Labute approximate surface area is 180 Å². The zero-order chi connectivity index (χ0) is 20.1. The van der Waals surface area contributed by atoms with E-state index in [-0.39, 0.29) is 5.78 Å². The monoisotopic (exact) mass is 423 g/mol. The van der Waals surface area contributed by atoms with Gasteiger partial charge in [0.05, 0.1) is 5.75 Å². The van der Waals surface area contributed by atoms with Crippen molar-refractivity contribution in [3.05, 3.63) is 65.2 Å². The quantitative estimate of drug-likeness (QED) is 0.342. The van der Waals surface area contributed by atoms with Crippen molar-refractivity contribution in [1.29, 1.82) is 0 Å². The molecule has 1 fully saturated rings. The van der Waals surface area contributed by atoms with Gasteiger partial charge in [-0.3, -0.25) is 4.79 Å². The van der Waals surface area contributed by atoms with Crippen LogP contribution in [0.25, 0.3) is 0 Å². The number of nitrogens with zero attached hydrogens (tertiary/aromatic N) is 2. The Kier molecular flexibility index (Phi) is 6.62. The highest BCUT2D eigenvalue weighted by Crippen LogP contribution is 2.33. The lowest BCUT2D eigenvalue weighted by molar-refractivity contribution is 0.102. The molecule has 0 radical (unpaired) electrons. The third-order valence-corrected chi connectivity index (χ3v) is 7.40. The number of aryl methyl sites for hydroxylation is 1. The number of para-hydroxylation sites is 1. The number of aromatic nitrogens is 2. The average Bonchev–Trinajstić information content (AvgIpc) is 3.22. The summed E-state index contributed by atoms with van der Waals surface area (Å²) in [5.41, 5.74) is 4.34. The van der Waals surface area contributed by atoms with Crippen LogP contribution >= 0.6 is 23.1 Å². The molecule has 0 spiro atoms. The van der Waals surface area contributed by atoms with E-state index in [1.165, 1.54) is 60.8 Å². The van der Waals surface area contributed by atoms with Gasteiger partial charge in [0.15, 0.2) is 10.1 Å². The summed E-state index contributed by atoms with van der Waals surface area (Å²) in [4.78, 5) is 12.6. The number of carbonyl (C=O) groups is 1. The predicted octanol–water partition coefficient (Wildman–Crippen LogP) is 6.61. The Bertz CT molecular complexity index is 962. The van der Waals surface area contributed by atoms with Gasteiger partial charge in [0.2, 0.25) is 5.13 Å². The van der Waals surface area contributed by atoms with Crippen LogP contribution in [0.5, 0.6) is 0 Å². The number of carbonyl (C=O) groups excluding carboxylic acids is 1. The maximum atomic E-state index is 12.6. The second kappa shape index (κ2) is 9.55. The van der Waals surface area contributed by atoms with Gasteiger partial charge in [-0.05, 0) is 42.9 Å². The molecule has 1 N–H and O–H groups in total. The lowest BCUT2D eigenvalue weighted by atomic mass is 9.84. The van der Waals surface area contributed by atoms with Crippen LogP contribution < -0.4 is 5.32 Å². The fraction of sp³-hybridized carbons (Fsp3) is 0.348. The Morgan fingerprint density at radius 2 is 1.83 bits per heavy atom. The van der Waals surface area contributed by atoms with Crippen molar-refractivity contribution in [2.24, 2.45) is 0 Å². The van der Waals surface area contributed by atoms with E-state index in [4.69, 9.17) is 0 Å². The van der Waals surface area contributed by atoms with Gasteiger partial charge in [-0.25, -0.2) is 0 Å². The summed E-state index contributed by atoms with van der Waals surface area (Å²) < 4.78 is 0.799. The molecule has 1 heterocycles. The van der Waals surface area contributed by atoms with E-state index in [2.05, 4.69) is 40.6 Å². The number of benzene rings is 2. The molecule has 0 bridgehead atoms. The van der Waals surface area contributed by atoms with Crippen LogP contribution in [0.1, 0.15) is 59.5 Å². The number of thioether (sulfide) groups is 1. The number of hydrogen-bond acceptors (Lipinski definition) is 6. The standard InChI is InChI=1S/C23H25N3OS2/c1-16-7-5-6-10-20(16)24-22-25-26-23(29-22)28-15-21(27)19-13-11-18(12-14-19)17-8-3-2-4-9-17/h5-7,10-14,17H,2-4,8-9,15H2,1H3,(H,24,25). The molecule has 0 aliphatic heterocycles. The SMILES string of the molecule is Cc1ccccc1Nc1nnc(SCC(=O)c2ccc(C3CCCCC3)cc2)s1. The molecule has 0 unspecified atom stereocenters. The number of Topliss-reactive ketones (excluding diaryl/α,β-unsaturated/α-hetero) is 1. The van der Waals surface area contributed by atoms with Crippen LogP contribution in [0, 0.1) is 6.92 Å². The van der Waals surface area contributed by atoms with Crippen LogP contribution in [-0.2, 0) is 0 Å². The van der Waals surface area contributed by atoms with E-state index in [0.717, 1.165) is 26.3 Å². The highest BCUT2D eigenvalue weighted by atomic mass is 32.2. The number of ketones is 1. The molecular formula is C23H25N3OS2. The van der Waals surface area contributed by atoms with Crippen molar-refractivity contribution in [2.45, 2.75) is 49.3 Å². The molecule has 0 saturated heterocycles. The maximum Gasteiger partial charge on any atom is 0.210 e. The second-order valence-electron chi connectivity index (χ2n) is 7.48. The van der Waals surface area contributed by atoms with E-state index < -0.39 is 0 Å². The number of nitrogens with one attached hydrogen (secondary N) is 1. The molecule has 2 aromatic carbocycles. The van der Waals surface area contributed by atoms with E-state index in [9.17, 15) is 4.79 Å². The van der Waals surface area contributed by atoms with Gasteiger partial charge in [-0.1, -0.05) is 84.8 Å². The van der Waals surface area contributed by atoms with Crippen LogP contribution in [0.4, 0.5) is 10.8 Å². The minimum absolute atomic E-state index is 0.133. The van der Waals surface area contributed by atoms with Gasteiger partial charge in [0.1, 0.15) is 0 Å². The van der Waals surface area contributed by atoms with Crippen LogP contribution in [0.15, 0.2) is 52.9 Å². The average molecular weight is 424 g/mol.